The van der Waals surface area contributed by atoms with Crippen molar-refractivity contribution < 1.29 is 23.1 Å². The summed E-state index contributed by atoms with van der Waals surface area (Å²) in [7, 11) is -3.63. The predicted molar refractivity (Wildman–Crippen MR) is 78.8 cm³/mol. The molecule has 21 heavy (non-hydrogen) atoms. The molecule has 0 bridgehead atoms. The molecular weight excluding hydrogens is 294 g/mol. The van der Waals surface area contributed by atoms with Gasteiger partial charge in [0.1, 0.15) is 5.75 Å². The molecule has 0 aliphatic rings. The summed E-state index contributed by atoms with van der Waals surface area (Å²) >= 11 is 0. The molecule has 0 unspecified atom stereocenters. The van der Waals surface area contributed by atoms with Crippen LogP contribution in [0, 0.1) is 0 Å². The minimum atomic E-state index is -3.63. The third-order valence-electron chi connectivity index (χ3n) is 3.02. The maximum Gasteiger partial charge on any atom is 0.335 e. The normalized spacial score (nSPS) is 11.1. The van der Waals surface area contributed by atoms with E-state index in [0.717, 1.165) is 0 Å². The number of carboxylic acid groups (broad SMARTS) is 1. The van der Waals surface area contributed by atoms with E-state index in [9.17, 15) is 18.0 Å². The lowest BCUT2D eigenvalue weighted by molar-refractivity contribution is -0.128. The van der Waals surface area contributed by atoms with Crippen LogP contribution in [0.2, 0.25) is 0 Å². The molecule has 0 spiro atoms. The number of hydrogen-bond acceptors (Lipinski definition) is 4. The van der Waals surface area contributed by atoms with E-state index in [2.05, 4.69) is 0 Å². The van der Waals surface area contributed by atoms with Crippen molar-refractivity contribution in [2.24, 2.45) is 0 Å². The molecule has 0 atom stereocenters. The number of carbonyl (C=O) groups excluding carboxylic acids is 1. The number of rotatable bonds is 7. The van der Waals surface area contributed by atoms with Crippen molar-refractivity contribution in [1.82, 2.24) is 4.90 Å². The van der Waals surface area contributed by atoms with E-state index >= 15 is 0 Å². The summed E-state index contributed by atoms with van der Waals surface area (Å²) in [6.45, 7) is 4.48. The van der Waals surface area contributed by atoms with Crippen molar-refractivity contribution >= 4 is 21.7 Å². The SMILES string of the molecule is CCN(CC)C(=O)CS(=O)(=O)Cc1cccc(C(=O)O)c1. The Bertz CT molecular complexity index is 620. The van der Waals surface area contributed by atoms with Crippen molar-refractivity contribution in [3.8, 4) is 0 Å². The van der Waals surface area contributed by atoms with Gasteiger partial charge in [-0.25, -0.2) is 13.2 Å². The van der Waals surface area contributed by atoms with Gasteiger partial charge in [0.15, 0.2) is 9.84 Å². The minimum Gasteiger partial charge on any atom is -0.478 e. The van der Waals surface area contributed by atoms with Gasteiger partial charge in [-0.05, 0) is 31.5 Å². The summed E-state index contributed by atoms with van der Waals surface area (Å²) in [5, 5.41) is 8.88. The number of benzene rings is 1. The van der Waals surface area contributed by atoms with Crippen LogP contribution in [-0.4, -0.2) is 49.1 Å². The highest BCUT2D eigenvalue weighted by Gasteiger charge is 2.21. The first-order valence-electron chi connectivity index (χ1n) is 6.59. The fourth-order valence-corrected chi connectivity index (χ4v) is 3.30. The van der Waals surface area contributed by atoms with Crippen LogP contribution in [0.5, 0.6) is 0 Å². The molecule has 1 aromatic carbocycles. The molecule has 0 aliphatic heterocycles. The van der Waals surface area contributed by atoms with Crippen LogP contribution < -0.4 is 0 Å². The fraction of sp³-hybridized carbons (Fsp3) is 0.429. The summed E-state index contributed by atoms with van der Waals surface area (Å²) in [5.41, 5.74) is 0.389. The third-order valence-corrected chi connectivity index (χ3v) is 4.48. The Labute approximate surface area is 124 Å². The number of nitrogens with zero attached hydrogens (tertiary/aromatic N) is 1. The molecule has 0 heterocycles. The van der Waals surface area contributed by atoms with Gasteiger partial charge in [0.05, 0.1) is 11.3 Å². The zero-order valence-corrected chi connectivity index (χ0v) is 12.9. The number of amides is 1. The van der Waals surface area contributed by atoms with Gasteiger partial charge in [0.2, 0.25) is 5.91 Å². The standard InChI is InChI=1S/C14H19NO5S/c1-3-15(4-2)13(16)10-21(19,20)9-11-6-5-7-12(8-11)14(17)18/h5-8H,3-4,9-10H2,1-2H3,(H,17,18). The highest BCUT2D eigenvalue weighted by molar-refractivity contribution is 7.91. The second-order valence-electron chi connectivity index (χ2n) is 4.60. The lowest BCUT2D eigenvalue weighted by Gasteiger charge is -2.18. The minimum absolute atomic E-state index is 0.0257. The Morgan fingerprint density at radius 3 is 2.33 bits per heavy atom. The molecule has 116 valence electrons. The summed E-state index contributed by atoms with van der Waals surface area (Å²) in [4.78, 5) is 24.1. The van der Waals surface area contributed by atoms with Crippen LogP contribution in [0.1, 0.15) is 29.8 Å². The van der Waals surface area contributed by atoms with E-state index in [1.165, 1.54) is 29.2 Å². The maximum atomic E-state index is 12.0. The lowest BCUT2D eigenvalue weighted by atomic mass is 10.1. The van der Waals surface area contributed by atoms with Crippen molar-refractivity contribution in [2.75, 3.05) is 18.8 Å². The lowest BCUT2D eigenvalue weighted by Crippen LogP contribution is -2.35. The van der Waals surface area contributed by atoms with Gasteiger partial charge in [-0.15, -0.1) is 0 Å². The summed E-state index contributed by atoms with van der Waals surface area (Å²) in [5.74, 6) is -2.46. The molecule has 0 saturated carbocycles. The van der Waals surface area contributed by atoms with Gasteiger partial charge in [0.25, 0.3) is 0 Å². The average molecular weight is 313 g/mol. The number of aromatic carboxylic acids is 1. The third kappa shape index (κ3) is 5.18. The first kappa shape index (κ1) is 17.2. The van der Waals surface area contributed by atoms with Crippen LogP contribution in [0.25, 0.3) is 0 Å². The largest absolute Gasteiger partial charge is 0.478 e. The van der Waals surface area contributed by atoms with E-state index in [4.69, 9.17) is 5.11 Å². The second-order valence-corrected chi connectivity index (χ2v) is 6.67. The molecule has 0 aromatic heterocycles. The monoisotopic (exact) mass is 313 g/mol. The van der Waals surface area contributed by atoms with E-state index in [0.29, 0.717) is 18.7 Å². The van der Waals surface area contributed by atoms with Gasteiger partial charge in [-0.3, -0.25) is 4.79 Å². The van der Waals surface area contributed by atoms with E-state index in [1.54, 1.807) is 13.8 Å². The van der Waals surface area contributed by atoms with Crippen LogP contribution in [0.4, 0.5) is 0 Å². The highest BCUT2D eigenvalue weighted by atomic mass is 32.2. The van der Waals surface area contributed by atoms with E-state index in [-0.39, 0.29) is 11.3 Å². The smallest absolute Gasteiger partial charge is 0.335 e. The van der Waals surface area contributed by atoms with Crippen molar-refractivity contribution in [3.63, 3.8) is 0 Å². The Hall–Kier alpha value is -1.89. The highest BCUT2D eigenvalue weighted by Crippen LogP contribution is 2.10. The van der Waals surface area contributed by atoms with Gasteiger partial charge in [-0.2, -0.15) is 0 Å². The maximum absolute atomic E-state index is 12.0. The van der Waals surface area contributed by atoms with Gasteiger partial charge in [0, 0.05) is 13.1 Å². The molecule has 0 saturated heterocycles. The summed E-state index contributed by atoms with van der Waals surface area (Å²) < 4.78 is 24.1. The molecule has 1 amide bonds. The van der Waals surface area contributed by atoms with Crippen molar-refractivity contribution in [2.45, 2.75) is 19.6 Å². The first-order chi connectivity index (χ1) is 9.79. The van der Waals surface area contributed by atoms with E-state index < -0.39 is 27.5 Å². The van der Waals surface area contributed by atoms with Crippen molar-refractivity contribution in [3.05, 3.63) is 35.4 Å². The Kier molecular flexibility index (Phi) is 5.90. The van der Waals surface area contributed by atoms with Crippen LogP contribution in [0.15, 0.2) is 24.3 Å². The average Bonchev–Trinajstić information content (AvgIpc) is 2.39. The quantitative estimate of drug-likeness (QED) is 0.816. The molecule has 1 N–H and O–H groups in total. The van der Waals surface area contributed by atoms with Gasteiger partial charge in [-0.1, -0.05) is 12.1 Å². The zero-order valence-electron chi connectivity index (χ0n) is 12.1. The number of carboxylic acids is 1. The topological polar surface area (TPSA) is 91.8 Å². The molecule has 0 radical (unpaired) electrons. The molecule has 1 rings (SSSR count). The summed E-state index contributed by atoms with van der Waals surface area (Å²) in [6, 6.07) is 5.72. The Balaban J connectivity index is 2.83. The molecule has 0 aliphatic carbocycles. The van der Waals surface area contributed by atoms with Crippen LogP contribution in [0.3, 0.4) is 0 Å². The molecule has 7 heteroatoms. The number of sulfone groups is 1. The van der Waals surface area contributed by atoms with Gasteiger partial charge < -0.3 is 10.0 Å². The first-order valence-corrected chi connectivity index (χ1v) is 8.41. The number of hydrogen-bond donors (Lipinski definition) is 1. The second kappa shape index (κ2) is 7.21. The Morgan fingerprint density at radius 2 is 1.81 bits per heavy atom. The molecule has 6 nitrogen and oxygen atoms in total. The zero-order chi connectivity index (χ0) is 16.0. The fourth-order valence-electron chi connectivity index (χ4n) is 1.95. The predicted octanol–water partition coefficient (Wildman–Crippen LogP) is 1.17. The van der Waals surface area contributed by atoms with Crippen LogP contribution >= 0.6 is 0 Å². The molecule has 1 aromatic rings. The number of carbonyl (C=O) groups is 2. The van der Waals surface area contributed by atoms with Crippen LogP contribution in [-0.2, 0) is 20.4 Å². The Morgan fingerprint density at radius 1 is 1.19 bits per heavy atom. The summed E-state index contributed by atoms with van der Waals surface area (Å²) in [6.07, 6.45) is 0. The molecular formula is C14H19NO5S. The van der Waals surface area contributed by atoms with E-state index in [1.807, 2.05) is 0 Å². The van der Waals surface area contributed by atoms with Gasteiger partial charge >= 0.3 is 5.97 Å². The van der Waals surface area contributed by atoms with Crippen molar-refractivity contribution in [1.29, 1.82) is 0 Å². The molecule has 0 fully saturated rings.